The van der Waals surface area contributed by atoms with Crippen molar-refractivity contribution in [1.82, 2.24) is 4.98 Å². The molecule has 0 spiro atoms. The van der Waals surface area contributed by atoms with Crippen molar-refractivity contribution in [3.63, 3.8) is 0 Å². The fourth-order valence-corrected chi connectivity index (χ4v) is 6.02. The number of nitrogens with zero attached hydrogens (tertiary/aromatic N) is 2. The Morgan fingerprint density at radius 3 is 2.84 bits per heavy atom. The van der Waals surface area contributed by atoms with E-state index < -0.39 is 6.17 Å². The van der Waals surface area contributed by atoms with Gasteiger partial charge in [0.25, 0.3) is 0 Å². The Balaban J connectivity index is 1.56. The maximum absolute atomic E-state index is 16.5. The molecule has 2 aromatic carbocycles. The highest BCUT2D eigenvalue weighted by atomic mass is 19.1. The summed E-state index contributed by atoms with van der Waals surface area (Å²) in [7, 11) is 1.64. The molecule has 0 saturated carbocycles. The Hall–Kier alpha value is -2.72. The number of aromatic nitrogens is 1. The molecule has 3 nitrogen and oxygen atoms in total. The van der Waals surface area contributed by atoms with E-state index in [0.29, 0.717) is 11.8 Å². The van der Waals surface area contributed by atoms with Crippen LogP contribution in [0.5, 0.6) is 5.75 Å². The van der Waals surface area contributed by atoms with Crippen LogP contribution in [0.25, 0.3) is 10.9 Å². The molecule has 6 rings (SSSR count). The molecule has 3 saturated heterocycles. The summed E-state index contributed by atoms with van der Waals surface area (Å²) in [6.45, 7) is 6.98. The minimum atomic E-state index is -1.05. The molecule has 0 amide bonds. The van der Waals surface area contributed by atoms with E-state index in [1.165, 1.54) is 5.56 Å². The summed E-state index contributed by atoms with van der Waals surface area (Å²) >= 11 is 0. The molecule has 3 fully saturated rings. The molecular formula is C27H30FN2O+. The molecule has 3 aromatic rings. The summed E-state index contributed by atoms with van der Waals surface area (Å²) < 4.78 is 22.7. The highest BCUT2D eigenvalue weighted by molar-refractivity contribution is 5.83. The normalized spacial score (nSPS) is 28.4. The van der Waals surface area contributed by atoms with Gasteiger partial charge in [-0.05, 0) is 30.2 Å². The average Bonchev–Trinajstić information content (AvgIpc) is 2.83. The van der Waals surface area contributed by atoms with Crippen molar-refractivity contribution >= 4 is 10.9 Å². The first-order valence-electron chi connectivity index (χ1n) is 11.2. The van der Waals surface area contributed by atoms with E-state index in [1.54, 1.807) is 13.3 Å². The number of halogens is 1. The molecule has 0 N–H and O–H groups in total. The van der Waals surface area contributed by atoms with Crippen LogP contribution in [0.4, 0.5) is 4.39 Å². The molecule has 3 aliphatic rings. The standard InChI is InChI=1S/C27H30FN2O/c1-3-20-18-30(17-19-7-5-4-6-8-19)14-12-21(20)15-26(30)27(28)23-11-13-29-25-10-9-22(31-2)16-24(23)25/h3-11,13,16,20-21,26-27H,1,12,14-15,17-18H2,2H3/q+1/t20-,21-,26+,27-,30+/m0/s1. The van der Waals surface area contributed by atoms with E-state index in [-0.39, 0.29) is 6.04 Å². The number of pyridine rings is 1. The summed E-state index contributed by atoms with van der Waals surface area (Å²) in [4.78, 5) is 4.46. The van der Waals surface area contributed by atoms with Gasteiger partial charge < -0.3 is 9.22 Å². The smallest absolute Gasteiger partial charge is 0.177 e. The van der Waals surface area contributed by atoms with E-state index in [9.17, 15) is 0 Å². The largest absolute Gasteiger partial charge is 0.497 e. The number of fused-ring (bicyclic) bond motifs is 4. The Bertz CT molecular complexity index is 1090. The maximum atomic E-state index is 16.5. The quantitative estimate of drug-likeness (QED) is 0.370. The van der Waals surface area contributed by atoms with Crippen molar-refractivity contribution in [3.05, 3.63) is 84.6 Å². The van der Waals surface area contributed by atoms with Crippen LogP contribution in [-0.4, -0.2) is 35.7 Å². The topological polar surface area (TPSA) is 22.1 Å². The third-order valence-electron chi connectivity index (χ3n) is 7.63. The van der Waals surface area contributed by atoms with Gasteiger partial charge in [-0.3, -0.25) is 4.98 Å². The lowest BCUT2D eigenvalue weighted by Crippen LogP contribution is -2.67. The van der Waals surface area contributed by atoms with E-state index in [1.807, 2.05) is 30.3 Å². The fraction of sp³-hybridized carbons (Fsp3) is 0.370. The Morgan fingerprint density at radius 1 is 1.23 bits per heavy atom. The van der Waals surface area contributed by atoms with Gasteiger partial charge in [-0.15, -0.1) is 6.58 Å². The van der Waals surface area contributed by atoms with Crippen LogP contribution in [0.15, 0.2) is 73.4 Å². The number of alkyl halides is 1. The van der Waals surface area contributed by atoms with Crippen molar-refractivity contribution in [2.45, 2.75) is 31.6 Å². The number of ether oxygens (including phenoxy) is 1. The number of piperidine rings is 3. The zero-order valence-corrected chi connectivity index (χ0v) is 18.1. The number of rotatable bonds is 6. The van der Waals surface area contributed by atoms with E-state index in [2.05, 4.69) is 41.9 Å². The van der Waals surface area contributed by atoms with Crippen molar-refractivity contribution in [2.24, 2.45) is 11.8 Å². The lowest BCUT2D eigenvalue weighted by molar-refractivity contribution is -0.984. The second-order valence-electron chi connectivity index (χ2n) is 9.20. The second-order valence-corrected chi connectivity index (χ2v) is 9.20. The van der Waals surface area contributed by atoms with Gasteiger partial charge in [-0.25, -0.2) is 4.39 Å². The molecule has 1 aromatic heterocycles. The van der Waals surface area contributed by atoms with Crippen LogP contribution in [0.2, 0.25) is 0 Å². The van der Waals surface area contributed by atoms with Crippen LogP contribution in [0.1, 0.15) is 30.1 Å². The minimum Gasteiger partial charge on any atom is -0.497 e. The zero-order valence-electron chi connectivity index (χ0n) is 18.1. The summed E-state index contributed by atoms with van der Waals surface area (Å²) in [5, 5.41) is 0.857. The highest BCUT2D eigenvalue weighted by Crippen LogP contribution is 2.49. The molecule has 0 aliphatic carbocycles. The summed E-state index contributed by atoms with van der Waals surface area (Å²) in [6, 6.07) is 18.1. The van der Waals surface area contributed by atoms with E-state index >= 15 is 4.39 Å². The summed E-state index contributed by atoms with van der Waals surface area (Å²) in [5.41, 5.74) is 2.83. The molecule has 4 heteroatoms. The first kappa shape index (κ1) is 20.2. The highest BCUT2D eigenvalue weighted by Gasteiger charge is 2.54. The molecule has 0 radical (unpaired) electrons. The van der Waals surface area contributed by atoms with Crippen LogP contribution >= 0.6 is 0 Å². The first-order valence-corrected chi connectivity index (χ1v) is 11.2. The van der Waals surface area contributed by atoms with Crippen molar-refractivity contribution < 1.29 is 13.6 Å². The molecule has 5 atom stereocenters. The molecule has 3 aliphatic heterocycles. The maximum Gasteiger partial charge on any atom is 0.177 e. The lowest BCUT2D eigenvalue weighted by atomic mass is 9.71. The minimum absolute atomic E-state index is 0.0630. The Kier molecular flexibility index (Phi) is 5.27. The van der Waals surface area contributed by atoms with E-state index in [4.69, 9.17) is 4.74 Å². The second kappa shape index (κ2) is 8.08. The van der Waals surface area contributed by atoms with Crippen molar-refractivity contribution in [2.75, 3.05) is 20.2 Å². The molecule has 0 unspecified atom stereocenters. The zero-order chi connectivity index (χ0) is 21.4. The van der Waals surface area contributed by atoms with E-state index in [0.717, 1.165) is 59.2 Å². The predicted molar refractivity (Wildman–Crippen MR) is 122 cm³/mol. The van der Waals surface area contributed by atoms with Crippen LogP contribution in [-0.2, 0) is 6.54 Å². The fourth-order valence-electron chi connectivity index (χ4n) is 6.02. The van der Waals surface area contributed by atoms with Crippen LogP contribution in [0.3, 0.4) is 0 Å². The van der Waals surface area contributed by atoms with Gasteiger partial charge in [0.2, 0.25) is 0 Å². The van der Waals surface area contributed by atoms with Gasteiger partial charge in [0.05, 0.1) is 25.7 Å². The monoisotopic (exact) mass is 417 g/mol. The van der Waals surface area contributed by atoms with Gasteiger partial charge in [-0.1, -0.05) is 36.4 Å². The lowest BCUT2D eigenvalue weighted by Gasteiger charge is -2.57. The van der Waals surface area contributed by atoms with Crippen LogP contribution in [0, 0.1) is 11.8 Å². The third-order valence-corrected chi connectivity index (χ3v) is 7.63. The predicted octanol–water partition coefficient (Wildman–Crippen LogP) is 5.87. The summed E-state index contributed by atoms with van der Waals surface area (Å²) in [6.07, 6.45) is 4.85. The molecule has 2 bridgehead atoms. The van der Waals surface area contributed by atoms with Crippen molar-refractivity contribution in [1.29, 1.82) is 0 Å². The van der Waals surface area contributed by atoms with Gasteiger partial charge in [0.15, 0.2) is 6.17 Å². The molecule has 160 valence electrons. The molecule has 4 heterocycles. The first-order chi connectivity index (χ1) is 15.1. The number of benzene rings is 2. The van der Waals surface area contributed by atoms with Crippen LogP contribution < -0.4 is 4.74 Å². The van der Waals surface area contributed by atoms with Crippen molar-refractivity contribution in [3.8, 4) is 5.75 Å². The number of hydrogen-bond donors (Lipinski definition) is 0. The molecule has 31 heavy (non-hydrogen) atoms. The average molecular weight is 418 g/mol. The third kappa shape index (κ3) is 3.53. The van der Waals surface area contributed by atoms with Gasteiger partial charge >= 0.3 is 0 Å². The summed E-state index contributed by atoms with van der Waals surface area (Å²) in [5.74, 6) is 1.73. The number of hydrogen-bond acceptors (Lipinski definition) is 2. The number of quaternary nitrogens is 1. The van der Waals surface area contributed by atoms with Gasteiger partial charge in [0.1, 0.15) is 18.3 Å². The molecular weight excluding hydrogens is 387 g/mol. The Morgan fingerprint density at radius 2 is 2.06 bits per heavy atom. The Labute approximate surface area is 183 Å². The number of methoxy groups -OCH3 is 1. The van der Waals surface area contributed by atoms with Gasteiger partial charge in [-0.2, -0.15) is 0 Å². The SMILES string of the molecule is C=C[C@H]1C[N@+]2(Cc3ccccc3)CC[C@H]1C[C@@H]2[C@@H](F)c1ccnc2ccc(OC)cc12. The van der Waals surface area contributed by atoms with Gasteiger partial charge in [0, 0.05) is 41.5 Å².